The molecule has 3 rings (SSSR count). The van der Waals surface area contributed by atoms with Crippen molar-refractivity contribution in [3.63, 3.8) is 0 Å². The third-order valence-electron chi connectivity index (χ3n) is 3.08. The van der Waals surface area contributed by atoms with Gasteiger partial charge in [-0.2, -0.15) is 4.68 Å². The standard InChI is InChI=1S/C14H12ClN5/c1-9-8-10(6-7-12(9)16)14-17-18-19-20(14)13-5-3-2-4-11(13)15/h2-8H,16H2,1H3. The number of hydrogen-bond acceptors (Lipinski definition) is 4. The highest BCUT2D eigenvalue weighted by molar-refractivity contribution is 6.32. The van der Waals surface area contributed by atoms with Crippen LogP contribution in [0.3, 0.4) is 0 Å². The fourth-order valence-corrected chi connectivity index (χ4v) is 2.18. The van der Waals surface area contributed by atoms with Crippen LogP contribution in [0.15, 0.2) is 42.5 Å². The SMILES string of the molecule is Cc1cc(-c2nnnn2-c2ccccc2Cl)ccc1N. The molecule has 0 saturated heterocycles. The normalized spacial score (nSPS) is 10.7. The quantitative estimate of drug-likeness (QED) is 0.735. The summed E-state index contributed by atoms with van der Waals surface area (Å²) in [7, 11) is 0. The summed E-state index contributed by atoms with van der Waals surface area (Å²) < 4.78 is 1.62. The lowest BCUT2D eigenvalue weighted by Crippen LogP contribution is -2.01. The summed E-state index contributed by atoms with van der Waals surface area (Å²) >= 11 is 6.20. The van der Waals surface area contributed by atoms with Gasteiger partial charge in [0.15, 0.2) is 5.82 Å². The van der Waals surface area contributed by atoms with E-state index in [0.29, 0.717) is 10.8 Å². The minimum absolute atomic E-state index is 0.591. The first kappa shape index (κ1) is 12.6. The van der Waals surface area contributed by atoms with E-state index >= 15 is 0 Å². The fourth-order valence-electron chi connectivity index (χ4n) is 1.97. The first-order valence-electron chi connectivity index (χ1n) is 6.06. The van der Waals surface area contributed by atoms with E-state index in [9.17, 15) is 0 Å². The molecular formula is C14H12ClN5. The molecule has 3 aromatic rings. The van der Waals surface area contributed by atoms with Crippen LogP contribution >= 0.6 is 11.6 Å². The fraction of sp³-hybridized carbons (Fsp3) is 0.0714. The number of halogens is 1. The van der Waals surface area contributed by atoms with E-state index in [1.54, 1.807) is 10.7 Å². The molecule has 1 aromatic heterocycles. The van der Waals surface area contributed by atoms with Crippen LogP contribution in [0.4, 0.5) is 5.69 Å². The van der Waals surface area contributed by atoms with Crippen molar-refractivity contribution in [3.05, 3.63) is 53.1 Å². The molecule has 5 nitrogen and oxygen atoms in total. The summed E-state index contributed by atoms with van der Waals surface area (Å²) in [5, 5.41) is 12.4. The van der Waals surface area contributed by atoms with E-state index in [-0.39, 0.29) is 0 Å². The van der Waals surface area contributed by atoms with E-state index in [1.807, 2.05) is 43.3 Å². The Balaban J connectivity index is 2.15. The monoisotopic (exact) mass is 285 g/mol. The van der Waals surface area contributed by atoms with E-state index in [4.69, 9.17) is 17.3 Å². The number of benzene rings is 2. The van der Waals surface area contributed by atoms with Crippen molar-refractivity contribution >= 4 is 17.3 Å². The molecule has 0 unspecified atom stereocenters. The molecule has 6 heteroatoms. The van der Waals surface area contributed by atoms with Crippen LogP contribution in [0, 0.1) is 6.92 Å². The van der Waals surface area contributed by atoms with Gasteiger partial charge >= 0.3 is 0 Å². The van der Waals surface area contributed by atoms with Crippen molar-refractivity contribution in [2.24, 2.45) is 0 Å². The van der Waals surface area contributed by atoms with Gasteiger partial charge in [0.05, 0.1) is 10.7 Å². The van der Waals surface area contributed by atoms with Gasteiger partial charge in [-0.1, -0.05) is 23.7 Å². The van der Waals surface area contributed by atoms with Crippen molar-refractivity contribution in [1.82, 2.24) is 20.2 Å². The zero-order chi connectivity index (χ0) is 14.1. The Morgan fingerprint density at radius 3 is 2.70 bits per heavy atom. The second kappa shape index (κ2) is 4.94. The number of tetrazole rings is 1. The largest absolute Gasteiger partial charge is 0.399 e. The summed E-state index contributed by atoms with van der Waals surface area (Å²) in [4.78, 5) is 0. The van der Waals surface area contributed by atoms with Gasteiger partial charge in [-0.25, -0.2) is 0 Å². The van der Waals surface area contributed by atoms with Crippen LogP contribution < -0.4 is 5.73 Å². The average molecular weight is 286 g/mol. The van der Waals surface area contributed by atoms with Gasteiger partial charge in [0.1, 0.15) is 0 Å². The van der Waals surface area contributed by atoms with Crippen molar-refractivity contribution in [3.8, 4) is 17.1 Å². The van der Waals surface area contributed by atoms with Crippen LogP contribution in [-0.2, 0) is 0 Å². The maximum absolute atomic E-state index is 6.20. The van der Waals surface area contributed by atoms with Gasteiger partial charge in [0, 0.05) is 11.3 Å². The zero-order valence-corrected chi connectivity index (χ0v) is 11.5. The number of aryl methyl sites for hydroxylation is 1. The summed E-state index contributed by atoms with van der Waals surface area (Å²) in [6.07, 6.45) is 0. The Bertz CT molecular complexity index is 766. The van der Waals surface area contributed by atoms with E-state index in [2.05, 4.69) is 15.5 Å². The number of nitrogen functional groups attached to an aromatic ring is 1. The third kappa shape index (κ3) is 2.12. The average Bonchev–Trinajstić information content (AvgIpc) is 2.91. The van der Waals surface area contributed by atoms with Gasteiger partial charge in [-0.3, -0.25) is 0 Å². The summed E-state index contributed by atoms with van der Waals surface area (Å²) in [5.41, 5.74) is 9.19. The lowest BCUT2D eigenvalue weighted by atomic mass is 10.1. The Labute approximate surface area is 121 Å². The number of anilines is 1. The molecule has 0 aliphatic rings. The van der Waals surface area contributed by atoms with Crippen LogP contribution in [0.5, 0.6) is 0 Å². The Hall–Kier alpha value is -2.40. The number of rotatable bonds is 2. The van der Waals surface area contributed by atoms with Crippen molar-refractivity contribution in [1.29, 1.82) is 0 Å². The molecule has 0 radical (unpaired) electrons. The van der Waals surface area contributed by atoms with Gasteiger partial charge in [-0.15, -0.1) is 5.10 Å². The molecule has 2 N–H and O–H groups in total. The Kier molecular flexibility index (Phi) is 3.12. The lowest BCUT2D eigenvalue weighted by Gasteiger charge is -2.07. The predicted octanol–water partition coefficient (Wildman–Crippen LogP) is 2.87. The first-order valence-corrected chi connectivity index (χ1v) is 6.44. The third-order valence-corrected chi connectivity index (χ3v) is 3.40. The van der Waals surface area contributed by atoms with Gasteiger partial charge in [0.2, 0.25) is 0 Å². The molecule has 0 aliphatic heterocycles. The molecule has 0 spiro atoms. The highest BCUT2D eigenvalue weighted by atomic mass is 35.5. The highest BCUT2D eigenvalue weighted by Gasteiger charge is 2.13. The zero-order valence-electron chi connectivity index (χ0n) is 10.8. The molecule has 0 aliphatic carbocycles. The molecule has 2 aromatic carbocycles. The number of aromatic nitrogens is 4. The maximum Gasteiger partial charge on any atom is 0.187 e. The highest BCUT2D eigenvalue weighted by Crippen LogP contribution is 2.26. The molecule has 100 valence electrons. The van der Waals surface area contributed by atoms with E-state index in [1.165, 1.54) is 0 Å². The Morgan fingerprint density at radius 2 is 1.95 bits per heavy atom. The minimum Gasteiger partial charge on any atom is -0.399 e. The molecule has 0 saturated carbocycles. The van der Waals surface area contributed by atoms with Gasteiger partial charge in [0.25, 0.3) is 0 Å². The van der Waals surface area contributed by atoms with Crippen LogP contribution in [-0.4, -0.2) is 20.2 Å². The van der Waals surface area contributed by atoms with E-state index < -0.39 is 0 Å². The summed E-state index contributed by atoms with van der Waals surface area (Å²) in [5.74, 6) is 0.626. The van der Waals surface area contributed by atoms with Gasteiger partial charge in [-0.05, 0) is 53.2 Å². The maximum atomic E-state index is 6.20. The van der Waals surface area contributed by atoms with Crippen molar-refractivity contribution in [2.45, 2.75) is 6.92 Å². The smallest absolute Gasteiger partial charge is 0.187 e. The topological polar surface area (TPSA) is 69.6 Å². The molecule has 20 heavy (non-hydrogen) atoms. The second-order valence-electron chi connectivity index (χ2n) is 4.44. The molecule has 0 amide bonds. The van der Waals surface area contributed by atoms with Crippen molar-refractivity contribution < 1.29 is 0 Å². The molecule has 1 heterocycles. The molecule has 0 atom stereocenters. The van der Waals surface area contributed by atoms with Crippen LogP contribution in [0.1, 0.15) is 5.56 Å². The minimum atomic E-state index is 0.591. The number of nitrogens with two attached hydrogens (primary N) is 1. The van der Waals surface area contributed by atoms with Crippen LogP contribution in [0.2, 0.25) is 5.02 Å². The van der Waals surface area contributed by atoms with Crippen molar-refractivity contribution in [2.75, 3.05) is 5.73 Å². The summed E-state index contributed by atoms with van der Waals surface area (Å²) in [6.45, 7) is 1.95. The first-order chi connectivity index (χ1) is 9.66. The molecule has 0 fully saturated rings. The van der Waals surface area contributed by atoms with E-state index in [0.717, 1.165) is 22.5 Å². The second-order valence-corrected chi connectivity index (χ2v) is 4.84. The van der Waals surface area contributed by atoms with Gasteiger partial charge < -0.3 is 5.73 Å². The number of nitrogens with zero attached hydrogens (tertiary/aromatic N) is 4. The Morgan fingerprint density at radius 1 is 1.15 bits per heavy atom. The molecule has 0 bridgehead atoms. The summed E-state index contributed by atoms with van der Waals surface area (Å²) in [6, 6.07) is 13.1. The number of para-hydroxylation sites is 1. The van der Waals surface area contributed by atoms with Crippen LogP contribution in [0.25, 0.3) is 17.1 Å². The molecular weight excluding hydrogens is 274 g/mol. The predicted molar refractivity (Wildman–Crippen MR) is 78.7 cm³/mol. The lowest BCUT2D eigenvalue weighted by molar-refractivity contribution is 0.791. The number of hydrogen-bond donors (Lipinski definition) is 1.